The monoisotopic (exact) mass is 601 g/mol. The Hall–Kier alpha value is -3.03. The van der Waals surface area contributed by atoms with Gasteiger partial charge in [0.2, 0.25) is 11.8 Å². The fourth-order valence-electron chi connectivity index (χ4n) is 3.65. The summed E-state index contributed by atoms with van der Waals surface area (Å²) in [5.41, 5.74) is 0.358. The van der Waals surface area contributed by atoms with Gasteiger partial charge in [-0.25, -0.2) is 4.79 Å². The van der Waals surface area contributed by atoms with Crippen LogP contribution in [0.3, 0.4) is 0 Å². The van der Waals surface area contributed by atoms with E-state index < -0.39 is 72.3 Å². The summed E-state index contributed by atoms with van der Waals surface area (Å²) in [4.78, 5) is 59.6. The maximum atomic E-state index is 12.7. The first-order chi connectivity index (χ1) is 17.6. The average molecular weight is 602 g/mol. The molecule has 0 radical (unpaired) electrons. The van der Waals surface area contributed by atoms with Crippen molar-refractivity contribution in [3.63, 3.8) is 0 Å². The SMILES string of the molecule is CC(C)CC(NC(=O)C(O)c1ccccc1Br)C(O)CC(C)C(=O)NC(C)C(=O)NC(CC(=O)O)C(=O)O. The van der Waals surface area contributed by atoms with Gasteiger partial charge in [0.15, 0.2) is 6.10 Å². The zero-order valence-electron chi connectivity index (χ0n) is 21.7. The molecule has 6 unspecified atom stereocenters. The Morgan fingerprint density at radius 2 is 1.45 bits per heavy atom. The van der Waals surface area contributed by atoms with Crippen molar-refractivity contribution in [2.24, 2.45) is 11.8 Å². The topological polar surface area (TPSA) is 202 Å². The molecule has 0 fully saturated rings. The summed E-state index contributed by atoms with van der Waals surface area (Å²) in [7, 11) is 0. The number of halogens is 1. The Morgan fingerprint density at radius 1 is 0.842 bits per heavy atom. The number of amides is 3. The molecule has 0 heterocycles. The van der Waals surface area contributed by atoms with E-state index in [-0.39, 0.29) is 12.3 Å². The predicted octanol–water partition coefficient (Wildman–Crippen LogP) is 0.949. The first-order valence-corrected chi connectivity index (χ1v) is 12.9. The highest BCUT2D eigenvalue weighted by Crippen LogP contribution is 2.24. The van der Waals surface area contributed by atoms with Crippen LogP contribution in [-0.2, 0) is 24.0 Å². The number of rotatable bonds is 15. The number of carbonyl (C=O) groups excluding carboxylic acids is 3. The molecule has 6 atom stereocenters. The summed E-state index contributed by atoms with van der Waals surface area (Å²) in [5, 5.41) is 46.4. The van der Waals surface area contributed by atoms with Crippen LogP contribution in [0.2, 0.25) is 0 Å². The van der Waals surface area contributed by atoms with Gasteiger partial charge in [-0.15, -0.1) is 0 Å². The number of hydrogen-bond donors (Lipinski definition) is 7. The first-order valence-electron chi connectivity index (χ1n) is 12.1. The number of carboxylic acids is 2. The molecule has 3 amide bonds. The summed E-state index contributed by atoms with van der Waals surface area (Å²) < 4.78 is 0.546. The van der Waals surface area contributed by atoms with Gasteiger partial charge in [-0.05, 0) is 31.7 Å². The van der Waals surface area contributed by atoms with Crippen molar-refractivity contribution >= 4 is 45.6 Å². The van der Waals surface area contributed by atoms with Gasteiger partial charge in [0, 0.05) is 16.0 Å². The largest absolute Gasteiger partial charge is 0.481 e. The lowest BCUT2D eigenvalue weighted by molar-refractivity contribution is -0.147. The molecular weight excluding hydrogens is 566 g/mol. The minimum absolute atomic E-state index is 0.0661. The van der Waals surface area contributed by atoms with Crippen LogP contribution < -0.4 is 16.0 Å². The van der Waals surface area contributed by atoms with Crippen LogP contribution in [-0.4, -0.2) is 74.3 Å². The molecule has 0 aliphatic carbocycles. The summed E-state index contributed by atoms with van der Waals surface area (Å²) in [5.74, 6) is -5.89. The molecule has 0 bridgehead atoms. The molecular formula is C25H36BrN3O9. The Balaban J connectivity index is 2.80. The van der Waals surface area contributed by atoms with Crippen LogP contribution in [0.1, 0.15) is 58.6 Å². The zero-order chi connectivity index (χ0) is 29.2. The van der Waals surface area contributed by atoms with Gasteiger partial charge < -0.3 is 36.4 Å². The van der Waals surface area contributed by atoms with Gasteiger partial charge in [0.05, 0.1) is 18.6 Å². The van der Waals surface area contributed by atoms with Crippen molar-refractivity contribution in [1.29, 1.82) is 0 Å². The number of hydrogen-bond acceptors (Lipinski definition) is 7. The van der Waals surface area contributed by atoms with Gasteiger partial charge >= 0.3 is 11.9 Å². The van der Waals surface area contributed by atoms with E-state index in [1.54, 1.807) is 24.3 Å². The lowest BCUT2D eigenvalue weighted by Crippen LogP contribution is -2.52. The summed E-state index contributed by atoms with van der Waals surface area (Å²) in [6.45, 7) is 6.60. The molecule has 0 spiro atoms. The van der Waals surface area contributed by atoms with Crippen LogP contribution in [0.25, 0.3) is 0 Å². The van der Waals surface area contributed by atoms with Gasteiger partial charge in [0.25, 0.3) is 5.91 Å². The Morgan fingerprint density at radius 3 is 1.97 bits per heavy atom. The maximum Gasteiger partial charge on any atom is 0.326 e. The van der Waals surface area contributed by atoms with Crippen molar-refractivity contribution in [2.75, 3.05) is 0 Å². The molecule has 0 aliphatic rings. The molecule has 38 heavy (non-hydrogen) atoms. The van der Waals surface area contributed by atoms with E-state index in [0.717, 1.165) is 0 Å². The number of nitrogens with one attached hydrogen (secondary N) is 3. The molecule has 12 nitrogen and oxygen atoms in total. The number of aliphatic carboxylic acids is 2. The summed E-state index contributed by atoms with van der Waals surface area (Å²) in [6.07, 6.45) is -3.20. The van der Waals surface area contributed by atoms with Gasteiger partial charge in [-0.1, -0.05) is 54.9 Å². The van der Waals surface area contributed by atoms with Crippen molar-refractivity contribution < 1.29 is 44.4 Å². The Kier molecular flexibility index (Phi) is 13.4. The summed E-state index contributed by atoms with van der Waals surface area (Å²) in [6, 6.07) is 3.07. The lowest BCUT2D eigenvalue weighted by Gasteiger charge is -2.29. The molecule has 7 N–H and O–H groups in total. The van der Waals surface area contributed by atoms with E-state index in [4.69, 9.17) is 10.2 Å². The fourth-order valence-corrected chi connectivity index (χ4v) is 4.15. The smallest absolute Gasteiger partial charge is 0.326 e. The van der Waals surface area contributed by atoms with E-state index in [2.05, 4.69) is 31.9 Å². The van der Waals surface area contributed by atoms with Crippen LogP contribution in [0, 0.1) is 11.8 Å². The Labute approximate surface area is 229 Å². The molecule has 0 saturated heterocycles. The highest BCUT2D eigenvalue weighted by Gasteiger charge is 2.31. The number of carboxylic acid groups (broad SMARTS) is 2. The minimum Gasteiger partial charge on any atom is -0.481 e. The highest BCUT2D eigenvalue weighted by molar-refractivity contribution is 9.10. The lowest BCUT2D eigenvalue weighted by atomic mass is 9.92. The van der Waals surface area contributed by atoms with E-state index in [1.807, 2.05) is 13.8 Å². The van der Waals surface area contributed by atoms with Gasteiger partial charge in [0.1, 0.15) is 12.1 Å². The Bertz CT molecular complexity index is 1000. The molecule has 1 aromatic carbocycles. The number of aliphatic hydroxyl groups is 2. The molecule has 0 aromatic heterocycles. The number of carbonyl (C=O) groups is 5. The predicted molar refractivity (Wildman–Crippen MR) is 140 cm³/mol. The average Bonchev–Trinajstić information content (AvgIpc) is 2.82. The standard InChI is InChI=1S/C25H36BrN3O9/c1-12(2)9-17(28-24(36)21(33)15-7-5-6-8-16(15)26)19(30)10-13(3)22(34)27-14(4)23(35)29-18(25(37)38)11-20(31)32/h5-8,12-14,17-19,21,30,33H,9-11H2,1-4H3,(H,27,34)(H,28,36)(H,29,35)(H,31,32)(H,37,38). The third-order valence-corrected chi connectivity index (χ3v) is 6.48. The highest BCUT2D eigenvalue weighted by atomic mass is 79.9. The van der Waals surface area contributed by atoms with E-state index >= 15 is 0 Å². The van der Waals surface area contributed by atoms with Crippen molar-refractivity contribution in [3.05, 3.63) is 34.3 Å². The van der Waals surface area contributed by atoms with Crippen LogP contribution >= 0.6 is 15.9 Å². The molecule has 212 valence electrons. The van der Waals surface area contributed by atoms with Crippen LogP contribution in [0.4, 0.5) is 0 Å². The van der Waals surface area contributed by atoms with E-state index in [0.29, 0.717) is 16.5 Å². The second-order valence-corrected chi connectivity index (χ2v) is 10.5. The second kappa shape index (κ2) is 15.4. The normalized spacial score (nSPS) is 15.9. The van der Waals surface area contributed by atoms with E-state index in [9.17, 15) is 34.2 Å². The second-order valence-electron chi connectivity index (χ2n) is 9.60. The first kappa shape index (κ1) is 33.0. The third-order valence-electron chi connectivity index (χ3n) is 5.75. The van der Waals surface area contributed by atoms with Gasteiger partial charge in [-0.3, -0.25) is 19.2 Å². The minimum atomic E-state index is -1.66. The third kappa shape index (κ3) is 10.8. The van der Waals surface area contributed by atoms with Crippen molar-refractivity contribution in [3.8, 4) is 0 Å². The van der Waals surface area contributed by atoms with Crippen molar-refractivity contribution in [1.82, 2.24) is 16.0 Å². The maximum absolute atomic E-state index is 12.7. The van der Waals surface area contributed by atoms with E-state index in [1.165, 1.54) is 13.8 Å². The van der Waals surface area contributed by atoms with Crippen LogP contribution in [0.15, 0.2) is 28.7 Å². The molecule has 0 aliphatic heterocycles. The quantitative estimate of drug-likeness (QED) is 0.153. The molecule has 0 saturated carbocycles. The zero-order valence-corrected chi connectivity index (χ0v) is 23.3. The van der Waals surface area contributed by atoms with Crippen LogP contribution in [0.5, 0.6) is 0 Å². The molecule has 1 rings (SSSR count). The fraction of sp³-hybridized carbons (Fsp3) is 0.560. The van der Waals surface area contributed by atoms with Crippen molar-refractivity contribution in [2.45, 2.75) is 77.3 Å². The van der Waals surface area contributed by atoms with Gasteiger partial charge in [-0.2, -0.15) is 0 Å². The summed E-state index contributed by atoms with van der Waals surface area (Å²) >= 11 is 3.29. The molecule has 1 aromatic rings. The number of aliphatic hydroxyl groups excluding tert-OH is 2. The molecule has 13 heteroatoms. The number of benzene rings is 1.